The number of hydrogen-bond donors (Lipinski definition) is 0. The Kier molecular flexibility index (Phi) is 2.47. The average molecular weight is 187 g/mol. The summed E-state index contributed by atoms with van der Waals surface area (Å²) >= 11 is 0. The van der Waals surface area contributed by atoms with Crippen LogP contribution in [0.3, 0.4) is 0 Å². The van der Waals surface area contributed by atoms with Gasteiger partial charge in [-0.1, -0.05) is 6.07 Å². The Balaban J connectivity index is 2.29. The van der Waals surface area contributed by atoms with Crippen molar-refractivity contribution in [3.8, 4) is 6.07 Å². The lowest BCUT2D eigenvalue weighted by atomic mass is 10.0. The van der Waals surface area contributed by atoms with E-state index in [0.29, 0.717) is 6.42 Å². The van der Waals surface area contributed by atoms with Crippen LogP contribution < -0.4 is 0 Å². The van der Waals surface area contributed by atoms with Gasteiger partial charge in [-0.15, -0.1) is 0 Å². The summed E-state index contributed by atoms with van der Waals surface area (Å²) in [4.78, 5) is 6.67. The zero-order chi connectivity index (χ0) is 9.97. The van der Waals surface area contributed by atoms with Gasteiger partial charge in [0.1, 0.15) is 0 Å². The fourth-order valence-corrected chi connectivity index (χ4v) is 1.80. The average Bonchev–Trinajstić information content (AvgIpc) is 2.17. The zero-order valence-corrected chi connectivity index (χ0v) is 8.32. The Hall–Kier alpha value is -1.40. The van der Waals surface area contributed by atoms with Crippen LogP contribution >= 0.6 is 0 Å². The number of likely N-dealkylation sites (N-methyl/N-ethyl adjacent to an activating group) is 1. The maximum Gasteiger partial charge on any atom is 0.0670 e. The fraction of sp³-hybridized carbons (Fsp3) is 0.455. The van der Waals surface area contributed by atoms with Crippen LogP contribution in [0, 0.1) is 11.3 Å². The van der Waals surface area contributed by atoms with Gasteiger partial charge in [0.15, 0.2) is 0 Å². The standard InChI is InChI=1S/C11H13N3/c1-14-5-3-11-10(8-14)6-9(2-4-12)7-13-11/h6-7H,2-3,5,8H2,1H3. The monoisotopic (exact) mass is 187 g/mol. The summed E-state index contributed by atoms with van der Waals surface area (Å²) in [5, 5.41) is 8.59. The van der Waals surface area contributed by atoms with Crippen LogP contribution in [0.1, 0.15) is 16.8 Å². The molecule has 0 aliphatic carbocycles. The second-order valence-corrected chi connectivity index (χ2v) is 3.77. The van der Waals surface area contributed by atoms with E-state index in [9.17, 15) is 0 Å². The first kappa shape index (κ1) is 9.17. The summed E-state index contributed by atoms with van der Waals surface area (Å²) in [6.07, 6.45) is 3.32. The van der Waals surface area contributed by atoms with E-state index in [4.69, 9.17) is 5.26 Å². The fourth-order valence-electron chi connectivity index (χ4n) is 1.80. The van der Waals surface area contributed by atoms with Crippen molar-refractivity contribution in [1.82, 2.24) is 9.88 Å². The Morgan fingerprint density at radius 1 is 1.64 bits per heavy atom. The van der Waals surface area contributed by atoms with Crippen molar-refractivity contribution in [2.45, 2.75) is 19.4 Å². The summed E-state index contributed by atoms with van der Waals surface area (Å²) in [5.74, 6) is 0. The normalized spacial score (nSPS) is 16.0. The third kappa shape index (κ3) is 1.75. The number of fused-ring (bicyclic) bond motifs is 1. The van der Waals surface area contributed by atoms with E-state index in [0.717, 1.165) is 25.1 Å². The topological polar surface area (TPSA) is 39.9 Å². The minimum atomic E-state index is 0.462. The first-order valence-electron chi connectivity index (χ1n) is 4.82. The molecule has 0 aromatic carbocycles. The van der Waals surface area contributed by atoms with Crippen LogP contribution in [0.4, 0.5) is 0 Å². The number of nitrogens with zero attached hydrogens (tertiary/aromatic N) is 3. The van der Waals surface area contributed by atoms with Gasteiger partial charge in [0.05, 0.1) is 12.5 Å². The molecule has 0 fully saturated rings. The van der Waals surface area contributed by atoms with Gasteiger partial charge in [-0.3, -0.25) is 4.98 Å². The predicted octanol–water partition coefficient (Wildman–Crippen LogP) is 1.14. The summed E-state index contributed by atoms with van der Waals surface area (Å²) in [6.45, 7) is 2.04. The molecule has 72 valence electrons. The molecule has 0 N–H and O–H groups in total. The smallest absolute Gasteiger partial charge is 0.0670 e. The highest BCUT2D eigenvalue weighted by Gasteiger charge is 2.14. The maximum atomic E-state index is 8.59. The molecule has 2 rings (SSSR count). The SMILES string of the molecule is CN1CCc2ncc(CC#N)cc2C1. The van der Waals surface area contributed by atoms with Crippen LogP contribution in [0.2, 0.25) is 0 Å². The lowest BCUT2D eigenvalue weighted by molar-refractivity contribution is 0.309. The van der Waals surface area contributed by atoms with Crippen molar-refractivity contribution < 1.29 is 0 Å². The maximum absolute atomic E-state index is 8.59. The van der Waals surface area contributed by atoms with Crippen LogP contribution in [-0.4, -0.2) is 23.5 Å². The number of rotatable bonds is 1. The van der Waals surface area contributed by atoms with E-state index in [1.165, 1.54) is 11.3 Å². The molecule has 0 saturated carbocycles. The van der Waals surface area contributed by atoms with Crippen LogP contribution in [0.5, 0.6) is 0 Å². The molecule has 0 radical (unpaired) electrons. The van der Waals surface area contributed by atoms with Gasteiger partial charge < -0.3 is 4.90 Å². The number of aromatic nitrogens is 1. The first-order chi connectivity index (χ1) is 6.79. The Labute approximate surface area is 84.0 Å². The third-order valence-corrected chi connectivity index (χ3v) is 2.57. The highest BCUT2D eigenvalue weighted by molar-refractivity contribution is 5.28. The molecule has 1 aliphatic heterocycles. The molecule has 0 spiro atoms. The van der Waals surface area contributed by atoms with Gasteiger partial charge in [0.25, 0.3) is 0 Å². The van der Waals surface area contributed by atoms with Crippen molar-refractivity contribution in [3.05, 3.63) is 29.1 Å². The molecule has 0 unspecified atom stereocenters. The molecule has 14 heavy (non-hydrogen) atoms. The Morgan fingerprint density at radius 3 is 3.29 bits per heavy atom. The van der Waals surface area contributed by atoms with E-state index in [2.05, 4.69) is 29.1 Å². The second-order valence-electron chi connectivity index (χ2n) is 3.77. The predicted molar refractivity (Wildman–Crippen MR) is 53.6 cm³/mol. The molecule has 1 aliphatic rings. The Bertz CT molecular complexity index is 379. The van der Waals surface area contributed by atoms with Gasteiger partial charge >= 0.3 is 0 Å². The zero-order valence-electron chi connectivity index (χ0n) is 8.32. The molecule has 0 bridgehead atoms. The summed E-state index contributed by atoms with van der Waals surface area (Å²) in [7, 11) is 2.11. The number of nitriles is 1. The minimum Gasteiger partial charge on any atom is -0.302 e. The number of hydrogen-bond acceptors (Lipinski definition) is 3. The van der Waals surface area contributed by atoms with E-state index >= 15 is 0 Å². The van der Waals surface area contributed by atoms with Gasteiger partial charge in [-0.25, -0.2) is 0 Å². The van der Waals surface area contributed by atoms with Crippen molar-refractivity contribution >= 4 is 0 Å². The van der Waals surface area contributed by atoms with E-state index in [1.54, 1.807) is 0 Å². The van der Waals surface area contributed by atoms with Crippen molar-refractivity contribution in [2.24, 2.45) is 0 Å². The first-order valence-corrected chi connectivity index (χ1v) is 4.82. The quantitative estimate of drug-likeness (QED) is 0.661. The van der Waals surface area contributed by atoms with E-state index in [1.807, 2.05) is 6.20 Å². The lowest BCUT2D eigenvalue weighted by Crippen LogP contribution is -2.27. The molecule has 2 heterocycles. The summed E-state index contributed by atoms with van der Waals surface area (Å²) < 4.78 is 0. The molecular formula is C11H13N3. The molecule has 0 atom stereocenters. The van der Waals surface area contributed by atoms with Gasteiger partial charge in [0, 0.05) is 31.4 Å². The third-order valence-electron chi connectivity index (χ3n) is 2.57. The van der Waals surface area contributed by atoms with Crippen LogP contribution in [-0.2, 0) is 19.4 Å². The van der Waals surface area contributed by atoms with Crippen molar-refractivity contribution in [2.75, 3.05) is 13.6 Å². The number of pyridine rings is 1. The minimum absolute atomic E-state index is 0.462. The molecular weight excluding hydrogens is 174 g/mol. The summed E-state index contributed by atoms with van der Waals surface area (Å²) in [5.41, 5.74) is 3.51. The second kappa shape index (κ2) is 3.77. The Morgan fingerprint density at radius 2 is 2.50 bits per heavy atom. The molecule has 0 saturated heterocycles. The van der Waals surface area contributed by atoms with Crippen molar-refractivity contribution in [1.29, 1.82) is 5.26 Å². The lowest BCUT2D eigenvalue weighted by Gasteiger charge is -2.24. The molecule has 3 nitrogen and oxygen atoms in total. The molecule has 1 aromatic rings. The van der Waals surface area contributed by atoms with E-state index in [-0.39, 0.29) is 0 Å². The van der Waals surface area contributed by atoms with Crippen LogP contribution in [0.25, 0.3) is 0 Å². The van der Waals surface area contributed by atoms with Gasteiger partial charge in [-0.05, 0) is 18.2 Å². The van der Waals surface area contributed by atoms with Crippen molar-refractivity contribution in [3.63, 3.8) is 0 Å². The highest BCUT2D eigenvalue weighted by Crippen LogP contribution is 2.16. The largest absolute Gasteiger partial charge is 0.302 e. The molecule has 1 aromatic heterocycles. The molecule has 3 heteroatoms. The highest BCUT2D eigenvalue weighted by atomic mass is 15.1. The summed E-state index contributed by atoms with van der Waals surface area (Å²) in [6, 6.07) is 4.26. The van der Waals surface area contributed by atoms with Gasteiger partial charge in [-0.2, -0.15) is 5.26 Å². The van der Waals surface area contributed by atoms with Crippen LogP contribution in [0.15, 0.2) is 12.3 Å². The molecule has 0 amide bonds. The van der Waals surface area contributed by atoms with E-state index < -0.39 is 0 Å². The van der Waals surface area contributed by atoms with Gasteiger partial charge in [0.2, 0.25) is 0 Å².